The van der Waals surface area contributed by atoms with Crippen LogP contribution in [0.25, 0.3) is 11.0 Å². The smallest absolute Gasteiger partial charge is 0.293 e. The van der Waals surface area contributed by atoms with E-state index in [0.717, 1.165) is 19.6 Å². The third-order valence-electron chi connectivity index (χ3n) is 7.31. The van der Waals surface area contributed by atoms with Crippen LogP contribution in [-0.4, -0.2) is 51.5 Å². The van der Waals surface area contributed by atoms with Crippen LogP contribution < -0.4 is 0 Å². The number of fused-ring (bicyclic) bond motifs is 5. The van der Waals surface area contributed by atoms with Crippen LogP contribution in [0, 0.1) is 11.8 Å². The number of hydrogen-bond donors (Lipinski definition) is 0. The topological polar surface area (TPSA) is 62.5 Å². The average molecular weight is 402 g/mol. The molecule has 4 atom stereocenters. The highest BCUT2D eigenvalue weighted by Gasteiger charge is 2.46. The maximum Gasteiger partial charge on any atom is 0.293 e. The number of amides is 1. The molecule has 3 saturated heterocycles. The summed E-state index contributed by atoms with van der Waals surface area (Å²) in [6.45, 7) is 2.67. The van der Waals surface area contributed by atoms with Crippen molar-refractivity contribution < 1.29 is 9.32 Å². The Morgan fingerprint density at radius 3 is 2.83 bits per heavy atom. The number of benzene rings is 1. The second kappa shape index (κ2) is 7.20. The molecule has 1 amide bonds. The Morgan fingerprint density at radius 1 is 1.03 bits per heavy atom. The number of pyridine rings is 1. The quantitative estimate of drug-likeness (QED) is 0.650. The molecule has 3 aliphatic rings. The lowest BCUT2D eigenvalue weighted by atomic mass is 9.74. The first-order valence-electron chi connectivity index (χ1n) is 11.1. The Kier molecular flexibility index (Phi) is 4.34. The largest absolute Gasteiger partial charge is 0.348 e. The molecular formula is C24H26N4O2. The van der Waals surface area contributed by atoms with Gasteiger partial charge in [0.05, 0.1) is 5.39 Å². The first kappa shape index (κ1) is 18.1. The molecule has 6 nitrogen and oxygen atoms in total. The fourth-order valence-electron chi connectivity index (χ4n) is 6.09. The third kappa shape index (κ3) is 2.93. The van der Waals surface area contributed by atoms with Gasteiger partial charge in [-0.05, 0) is 55.2 Å². The summed E-state index contributed by atoms with van der Waals surface area (Å²) >= 11 is 0. The summed E-state index contributed by atoms with van der Waals surface area (Å²) in [5.74, 6) is 1.34. The van der Waals surface area contributed by atoms with Gasteiger partial charge in [0.15, 0.2) is 0 Å². The molecule has 0 N–H and O–H groups in total. The Hall–Kier alpha value is -2.73. The van der Waals surface area contributed by atoms with Gasteiger partial charge in [-0.3, -0.25) is 9.69 Å². The molecule has 6 rings (SSSR count). The zero-order chi connectivity index (χ0) is 20.1. The van der Waals surface area contributed by atoms with E-state index in [0.29, 0.717) is 40.7 Å². The van der Waals surface area contributed by atoms with Crippen molar-refractivity contribution in [2.45, 2.75) is 37.8 Å². The number of rotatable bonds is 2. The van der Waals surface area contributed by atoms with E-state index in [1.54, 1.807) is 6.20 Å². The van der Waals surface area contributed by atoms with Crippen LogP contribution in [-0.2, 0) is 0 Å². The minimum atomic E-state index is -0.0379. The number of aromatic nitrogens is 2. The van der Waals surface area contributed by atoms with Crippen molar-refractivity contribution in [3.63, 3.8) is 0 Å². The number of hydrogen-bond acceptors (Lipinski definition) is 5. The van der Waals surface area contributed by atoms with Gasteiger partial charge in [-0.25, -0.2) is 4.98 Å². The van der Waals surface area contributed by atoms with E-state index in [2.05, 4.69) is 45.4 Å². The summed E-state index contributed by atoms with van der Waals surface area (Å²) < 4.78 is 5.42. The monoisotopic (exact) mass is 402 g/mol. The van der Waals surface area contributed by atoms with Gasteiger partial charge in [-0.1, -0.05) is 35.5 Å². The Bertz CT molecular complexity index is 1070. The van der Waals surface area contributed by atoms with Gasteiger partial charge >= 0.3 is 0 Å². The van der Waals surface area contributed by atoms with Crippen molar-refractivity contribution in [1.29, 1.82) is 0 Å². The van der Waals surface area contributed by atoms with E-state index < -0.39 is 0 Å². The average Bonchev–Trinajstić information content (AvgIpc) is 3.23. The second-order valence-corrected chi connectivity index (χ2v) is 9.08. The third-order valence-corrected chi connectivity index (χ3v) is 7.31. The zero-order valence-corrected chi connectivity index (χ0v) is 17.0. The number of carbonyl (C=O) groups excluding carboxylic acids is 1. The molecule has 3 fully saturated rings. The van der Waals surface area contributed by atoms with Crippen molar-refractivity contribution in [2.75, 3.05) is 19.6 Å². The summed E-state index contributed by atoms with van der Waals surface area (Å²) in [6.07, 6.45) is 6.63. The van der Waals surface area contributed by atoms with Crippen molar-refractivity contribution in [1.82, 2.24) is 19.9 Å². The Morgan fingerprint density at radius 2 is 1.93 bits per heavy atom. The SMILES string of the molecule is O=C(c1onc2ncccc12)N1C[C@@H]2C[C@H](C1)[C@@H]1CCC[C@H](c3ccccc3)N1C2. The molecule has 0 spiro atoms. The van der Waals surface area contributed by atoms with Crippen LogP contribution in [0.1, 0.15) is 47.8 Å². The van der Waals surface area contributed by atoms with Gasteiger partial charge in [0, 0.05) is 37.9 Å². The molecule has 30 heavy (non-hydrogen) atoms. The minimum Gasteiger partial charge on any atom is -0.348 e. The van der Waals surface area contributed by atoms with Crippen LogP contribution in [0.2, 0.25) is 0 Å². The van der Waals surface area contributed by atoms with Crippen molar-refractivity contribution in [3.8, 4) is 0 Å². The second-order valence-electron chi connectivity index (χ2n) is 9.08. The molecule has 3 aliphatic heterocycles. The predicted molar refractivity (Wildman–Crippen MR) is 113 cm³/mol. The molecular weight excluding hydrogens is 376 g/mol. The highest BCUT2D eigenvalue weighted by molar-refractivity contribution is 6.02. The van der Waals surface area contributed by atoms with Crippen molar-refractivity contribution in [2.24, 2.45) is 11.8 Å². The fraction of sp³-hybridized carbons (Fsp3) is 0.458. The standard InChI is InChI=1S/C24H26N4O2/c29-24(22-19-8-5-11-25-23(19)26-30-22)27-13-16-12-18(15-27)21-10-4-9-20(28(21)14-16)17-6-2-1-3-7-17/h1-3,5-8,11,16,18,20-21H,4,9-10,12-15H2/t16-,18+,20+,21-/m0/s1. The van der Waals surface area contributed by atoms with Crippen LogP contribution in [0.3, 0.4) is 0 Å². The molecule has 6 heteroatoms. The van der Waals surface area contributed by atoms with Gasteiger partial charge in [0.1, 0.15) is 0 Å². The highest BCUT2D eigenvalue weighted by atomic mass is 16.5. The lowest BCUT2D eigenvalue weighted by Crippen LogP contribution is -2.60. The number of nitrogens with zero attached hydrogens (tertiary/aromatic N) is 4. The van der Waals surface area contributed by atoms with E-state index in [4.69, 9.17) is 4.52 Å². The van der Waals surface area contributed by atoms with Gasteiger partial charge in [-0.2, -0.15) is 0 Å². The van der Waals surface area contributed by atoms with E-state index >= 15 is 0 Å². The first-order chi connectivity index (χ1) is 14.8. The molecule has 0 radical (unpaired) electrons. The lowest BCUT2D eigenvalue weighted by Gasteiger charge is -2.55. The number of likely N-dealkylation sites (tertiary alicyclic amines) is 1. The summed E-state index contributed by atoms with van der Waals surface area (Å²) in [5.41, 5.74) is 1.94. The van der Waals surface area contributed by atoms with E-state index in [9.17, 15) is 4.79 Å². The fourth-order valence-corrected chi connectivity index (χ4v) is 6.09. The van der Waals surface area contributed by atoms with Gasteiger partial charge in [0.2, 0.25) is 11.4 Å². The molecule has 2 bridgehead atoms. The number of piperidine rings is 3. The summed E-state index contributed by atoms with van der Waals surface area (Å²) in [7, 11) is 0. The van der Waals surface area contributed by atoms with Gasteiger partial charge < -0.3 is 9.42 Å². The normalized spacial score (nSPS) is 29.0. The molecule has 0 unspecified atom stereocenters. The minimum absolute atomic E-state index is 0.0379. The summed E-state index contributed by atoms with van der Waals surface area (Å²) in [6, 6.07) is 15.7. The van der Waals surface area contributed by atoms with Crippen LogP contribution >= 0.6 is 0 Å². The lowest BCUT2D eigenvalue weighted by molar-refractivity contribution is -0.0516. The van der Waals surface area contributed by atoms with E-state index in [-0.39, 0.29) is 5.91 Å². The molecule has 3 aromatic rings. The molecule has 1 aromatic carbocycles. The van der Waals surface area contributed by atoms with Crippen molar-refractivity contribution >= 4 is 16.9 Å². The maximum absolute atomic E-state index is 13.3. The maximum atomic E-state index is 13.3. The van der Waals surface area contributed by atoms with E-state index in [1.165, 1.54) is 31.2 Å². The molecule has 2 aromatic heterocycles. The van der Waals surface area contributed by atoms with Crippen molar-refractivity contribution in [3.05, 3.63) is 60.0 Å². The van der Waals surface area contributed by atoms with Gasteiger partial charge in [-0.15, -0.1) is 0 Å². The number of carbonyl (C=O) groups is 1. The first-order valence-corrected chi connectivity index (χ1v) is 11.1. The van der Waals surface area contributed by atoms with Crippen LogP contribution in [0.5, 0.6) is 0 Å². The van der Waals surface area contributed by atoms with E-state index in [1.807, 2.05) is 17.0 Å². The van der Waals surface area contributed by atoms with Crippen LogP contribution in [0.15, 0.2) is 53.2 Å². The molecule has 0 aliphatic carbocycles. The van der Waals surface area contributed by atoms with Crippen LogP contribution in [0.4, 0.5) is 0 Å². The Labute approximate surface area is 175 Å². The van der Waals surface area contributed by atoms with Gasteiger partial charge in [0.25, 0.3) is 5.91 Å². The summed E-state index contributed by atoms with van der Waals surface area (Å²) in [4.78, 5) is 22.3. The molecule has 0 saturated carbocycles. The Balaban J connectivity index is 1.25. The zero-order valence-electron chi connectivity index (χ0n) is 17.0. The summed E-state index contributed by atoms with van der Waals surface area (Å²) in [5, 5.41) is 4.68. The highest BCUT2D eigenvalue weighted by Crippen LogP contribution is 2.44. The predicted octanol–water partition coefficient (Wildman–Crippen LogP) is 3.91. The molecule has 154 valence electrons. The molecule has 5 heterocycles.